The van der Waals surface area contributed by atoms with Gasteiger partial charge in [-0.3, -0.25) is 4.99 Å². The van der Waals surface area contributed by atoms with Gasteiger partial charge in [0.05, 0.1) is 32.9 Å². The van der Waals surface area contributed by atoms with Crippen LogP contribution in [0.2, 0.25) is 0 Å². The predicted molar refractivity (Wildman–Crippen MR) is 70.1 cm³/mol. The minimum Gasteiger partial charge on any atom is -0.493 e. The van der Waals surface area contributed by atoms with Gasteiger partial charge in [-0.1, -0.05) is 6.07 Å². The number of hydrazine groups is 1. The lowest BCUT2D eigenvalue weighted by Crippen LogP contribution is -2.32. The molecule has 0 heterocycles. The Balaban J connectivity index is 3.08. The molecule has 0 amide bonds. The summed E-state index contributed by atoms with van der Waals surface area (Å²) in [5.74, 6) is 7.24. The van der Waals surface area contributed by atoms with Crippen LogP contribution in [0.3, 0.4) is 0 Å². The molecule has 0 bridgehead atoms. The smallest absolute Gasteiger partial charge is 0.171 e. The number of para-hydroxylation sites is 1. The Labute approximate surface area is 107 Å². The third-order valence-electron chi connectivity index (χ3n) is 2.36. The second-order valence-electron chi connectivity index (χ2n) is 3.41. The van der Waals surface area contributed by atoms with E-state index >= 15 is 0 Å². The summed E-state index contributed by atoms with van der Waals surface area (Å²) < 4.78 is 15.5. The van der Waals surface area contributed by atoms with Crippen molar-refractivity contribution < 1.29 is 14.2 Å². The SMILES string of the molecule is COCCN=C(NN)c1cccc(OC)c1OC. The lowest BCUT2D eigenvalue weighted by atomic mass is 10.1. The summed E-state index contributed by atoms with van der Waals surface area (Å²) in [6.07, 6.45) is 0. The molecule has 0 aliphatic heterocycles. The molecule has 0 aromatic heterocycles. The van der Waals surface area contributed by atoms with Crippen molar-refractivity contribution in [3.05, 3.63) is 23.8 Å². The molecule has 0 fully saturated rings. The van der Waals surface area contributed by atoms with Gasteiger partial charge in [-0.2, -0.15) is 0 Å². The molecule has 1 aromatic rings. The van der Waals surface area contributed by atoms with E-state index in [-0.39, 0.29) is 0 Å². The molecule has 0 saturated heterocycles. The molecule has 6 heteroatoms. The second-order valence-corrected chi connectivity index (χ2v) is 3.41. The van der Waals surface area contributed by atoms with Gasteiger partial charge in [0.1, 0.15) is 5.84 Å². The minimum absolute atomic E-state index is 0.510. The zero-order chi connectivity index (χ0) is 13.4. The van der Waals surface area contributed by atoms with Crippen LogP contribution < -0.4 is 20.7 Å². The molecule has 1 aromatic carbocycles. The van der Waals surface area contributed by atoms with Crippen LogP contribution in [-0.2, 0) is 4.74 Å². The molecule has 0 unspecified atom stereocenters. The van der Waals surface area contributed by atoms with Crippen molar-refractivity contribution in [3.63, 3.8) is 0 Å². The Hall–Kier alpha value is -1.79. The van der Waals surface area contributed by atoms with Gasteiger partial charge in [-0.25, -0.2) is 5.84 Å². The number of nitrogens with one attached hydrogen (secondary N) is 1. The topological polar surface area (TPSA) is 78.1 Å². The van der Waals surface area contributed by atoms with Crippen LogP contribution in [0.5, 0.6) is 11.5 Å². The summed E-state index contributed by atoms with van der Waals surface area (Å²) in [7, 11) is 4.78. The van der Waals surface area contributed by atoms with Crippen LogP contribution in [-0.4, -0.2) is 40.3 Å². The largest absolute Gasteiger partial charge is 0.493 e. The Bertz CT molecular complexity index is 408. The number of aliphatic imine (C=N–C) groups is 1. The second kappa shape index (κ2) is 7.52. The van der Waals surface area contributed by atoms with Gasteiger partial charge in [0.15, 0.2) is 11.5 Å². The normalized spacial score (nSPS) is 11.2. The van der Waals surface area contributed by atoms with Crippen molar-refractivity contribution in [1.82, 2.24) is 5.43 Å². The Morgan fingerprint density at radius 1 is 1.28 bits per heavy atom. The number of rotatable bonds is 6. The number of methoxy groups -OCH3 is 3. The first kappa shape index (κ1) is 14.3. The molecule has 0 aliphatic carbocycles. The molecule has 3 N–H and O–H groups in total. The molecule has 6 nitrogen and oxygen atoms in total. The molecule has 0 saturated carbocycles. The maximum atomic E-state index is 5.48. The lowest BCUT2D eigenvalue weighted by Gasteiger charge is -2.13. The zero-order valence-corrected chi connectivity index (χ0v) is 10.9. The quantitative estimate of drug-likeness (QED) is 0.255. The van der Waals surface area contributed by atoms with E-state index in [0.29, 0.717) is 30.5 Å². The van der Waals surface area contributed by atoms with E-state index < -0.39 is 0 Å². The van der Waals surface area contributed by atoms with Crippen molar-refractivity contribution >= 4 is 5.84 Å². The van der Waals surface area contributed by atoms with Crippen LogP contribution in [0, 0.1) is 0 Å². The number of nitrogens with zero attached hydrogens (tertiary/aromatic N) is 1. The van der Waals surface area contributed by atoms with Gasteiger partial charge in [0.2, 0.25) is 0 Å². The molecular formula is C12H19N3O3. The third kappa shape index (κ3) is 3.35. The van der Waals surface area contributed by atoms with E-state index in [4.69, 9.17) is 20.1 Å². The fourth-order valence-electron chi connectivity index (χ4n) is 1.53. The highest BCUT2D eigenvalue weighted by Crippen LogP contribution is 2.30. The summed E-state index contributed by atoms with van der Waals surface area (Å²) in [5.41, 5.74) is 3.31. The van der Waals surface area contributed by atoms with Gasteiger partial charge in [-0.05, 0) is 12.1 Å². The van der Waals surface area contributed by atoms with E-state index in [0.717, 1.165) is 5.56 Å². The van der Waals surface area contributed by atoms with E-state index in [2.05, 4.69) is 10.4 Å². The fourth-order valence-corrected chi connectivity index (χ4v) is 1.53. The summed E-state index contributed by atoms with van der Waals surface area (Å²) in [6, 6.07) is 5.51. The van der Waals surface area contributed by atoms with Crippen LogP contribution >= 0.6 is 0 Å². The highest BCUT2D eigenvalue weighted by molar-refractivity contribution is 6.01. The van der Waals surface area contributed by atoms with Crippen molar-refractivity contribution in [2.24, 2.45) is 10.8 Å². The fraction of sp³-hybridized carbons (Fsp3) is 0.417. The average molecular weight is 253 g/mol. The number of amidine groups is 1. The maximum Gasteiger partial charge on any atom is 0.171 e. The number of benzene rings is 1. The maximum absolute atomic E-state index is 5.48. The number of ether oxygens (including phenoxy) is 3. The molecule has 0 spiro atoms. The summed E-state index contributed by atoms with van der Waals surface area (Å²) in [4.78, 5) is 4.31. The van der Waals surface area contributed by atoms with Crippen molar-refractivity contribution in [3.8, 4) is 11.5 Å². The van der Waals surface area contributed by atoms with Gasteiger partial charge in [0, 0.05) is 7.11 Å². The first-order valence-corrected chi connectivity index (χ1v) is 5.49. The summed E-state index contributed by atoms with van der Waals surface area (Å²) in [5, 5.41) is 0. The molecule has 1 rings (SSSR count). The van der Waals surface area contributed by atoms with Crippen molar-refractivity contribution in [1.29, 1.82) is 0 Å². The van der Waals surface area contributed by atoms with E-state index in [1.807, 2.05) is 18.2 Å². The van der Waals surface area contributed by atoms with E-state index in [1.165, 1.54) is 0 Å². The van der Waals surface area contributed by atoms with Crippen LogP contribution in [0.1, 0.15) is 5.56 Å². The summed E-state index contributed by atoms with van der Waals surface area (Å²) in [6.45, 7) is 1.04. The molecule has 18 heavy (non-hydrogen) atoms. The molecular weight excluding hydrogens is 234 g/mol. The van der Waals surface area contributed by atoms with Crippen molar-refractivity contribution in [2.75, 3.05) is 34.5 Å². The minimum atomic E-state index is 0.510. The Morgan fingerprint density at radius 2 is 2.06 bits per heavy atom. The van der Waals surface area contributed by atoms with Crippen LogP contribution in [0.4, 0.5) is 0 Å². The number of nitrogens with two attached hydrogens (primary N) is 1. The highest BCUT2D eigenvalue weighted by atomic mass is 16.5. The highest BCUT2D eigenvalue weighted by Gasteiger charge is 2.13. The van der Waals surface area contributed by atoms with Crippen LogP contribution in [0.15, 0.2) is 23.2 Å². The van der Waals surface area contributed by atoms with Gasteiger partial charge in [-0.15, -0.1) is 0 Å². The van der Waals surface area contributed by atoms with Gasteiger partial charge < -0.3 is 19.6 Å². The Morgan fingerprint density at radius 3 is 2.61 bits per heavy atom. The average Bonchev–Trinajstić information content (AvgIpc) is 2.42. The Kier molecular flexibility index (Phi) is 5.96. The molecule has 100 valence electrons. The number of hydrogen-bond donors (Lipinski definition) is 2. The van der Waals surface area contributed by atoms with Crippen molar-refractivity contribution in [2.45, 2.75) is 0 Å². The third-order valence-corrected chi connectivity index (χ3v) is 2.36. The summed E-state index contributed by atoms with van der Waals surface area (Å²) >= 11 is 0. The van der Waals surface area contributed by atoms with E-state index in [1.54, 1.807) is 21.3 Å². The lowest BCUT2D eigenvalue weighted by molar-refractivity contribution is 0.208. The van der Waals surface area contributed by atoms with Gasteiger partial charge in [0.25, 0.3) is 0 Å². The first-order chi connectivity index (χ1) is 8.78. The monoisotopic (exact) mass is 253 g/mol. The van der Waals surface area contributed by atoms with Crippen LogP contribution in [0.25, 0.3) is 0 Å². The molecule has 0 aliphatic rings. The molecule has 0 radical (unpaired) electrons. The van der Waals surface area contributed by atoms with Gasteiger partial charge >= 0.3 is 0 Å². The number of hydrogen-bond acceptors (Lipinski definition) is 5. The zero-order valence-electron chi connectivity index (χ0n) is 10.9. The molecule has 0 atom stereocenters. The van der Waals surface area contributed by atoms with E-state index in [9.17, 15) is 0 Å². The standard InChI is InChI=1S/C12H19N3O3/c1-16-8-7-14-12(15-13)9-5-4-6-10(17-2)11(9)18-3/h4-6H,7-8,13H2,1-3H3,(H,14,15). The first-order valence-electron chi connectivity index (χ1n) is 5.49. The predicted octanol–water partition coefficient (Wildman–Crippen LogP) is 0.560.